The number of carbonyl (C=O) groups is 1. The molecule has 158 valence electrons. The number of amides is 1. The van der Waals surface area contributed by atoms with Gasteiger partial charge in [0.25, 0.3) is 5.91 Å². The zero-order valence-electron chi connectivity index (χ0n) is 16.9. The van der Waals surface area contributed by atoms with Crippen LogP contribution in [0.5, 0.6) is 17.2 Å². The first kappa shape index (κ1) is 20.2. The van der Waals surface area contributed by atoms with Crippen molar-refractivity contribution in [1.29, 1.82) is 0 Å². The lowest BCUT2D eigenvalue weighted by molar-refractivity contribution is -0.0559. The van der Waals surface area contributed by atoms with Crippen LogP contribution < -0.4 is 15.2 Å². The van der Waals surface area contributed by atoms with E-state index >= 15 is 0 Å². The molecule has 1 fully saturated rings. The Morgan fingerprint density at radius 2 is 2.03 bits per heavy atom. The Morgan fingerprint density at radius 1 is 1.23 bits per heavy atom. The maximum atomic E-state index is 11.9. The number of hydrogen-bond acceptors (Lipinski definition) is 6. The smallest absolute Gasteiger partial charge is 0.252 e. The minimum atomic E-state index is -0.556. The van der Waals surface area contributed by atoms with E-state index in [-0.39, 0.29) is 6.10 Å². The highest BCUT2D eigenvalue weighted by Gasteiger charge is 2.15. The van der Waals surface area contributed by atoms with Gasteiger partial charge >= 0.3 is 0 Å². The molecule has 1 aromatic heterocycles. The maximum absolute atomic E-state index is 11.9. The first-order valence-electron chi connectivity index (χ1n) is 9.96. The minimum Gasteiger partial charge on any atom is -0.491 e. The van der Waals surface area contributed by atoms with Crippen molar-refractivity contribution in [1.82, 2.24) is 9.78 Å². The number of ether oxygens (including phenoxy) is 4. The van der Waals surface area contributed by atoms with Crippen LogP contribution >= 0.6 is 0 Å². The molecule has 30 heavy (non-hydrogen) atoms. The summed E-state index contributed by atoms with van der Waals surface area (Å²) in [4.78, 5) is 11.9. The number of primary amides is 1. The Hall–Kier alpha value is -3.10. The molecule has 1 aliphatic rings. The fourth-order valence-electron chi connectivity index (χ4n) is 3.41. The number of fused-ring (bicyclic) bond motifs is 1. The van der Waals surface area contributed by atoms with E-state index in [0.29, 0.717) is 42.6 Å². The molecular formula is C22H25N3O5. The summed E-state index contributed by atoms with van der Waals surface area (Å²) in [6, 6.07) is 10.6. The average molecular weight is 411 g/mol. The van der Waals surface area contributed by atoms with Crippen LogP contribution in [0, 0.1) is 0 Å². The molecule has 1 aliphatic heterocycles. The minimum absolute atomic E-state index is 0.161. The third-order valence-corrected chi connectivity index (χ3v) is 4.99. The second-order valence-electron chi connectivity index (χ2n) is 7.17. The van der Waals surface area contributed by atoms with E-state index in [9.17, 15) is 4.79 Å². The fraction of sp³-hybridized carbons (Fsp3) is 0.364. The number of aryl methyl sites for hydroxylation is 1. The van der Waals surface area contributed by atoms with Gasteiger partial charge in [0.05, 0.1) is 36.6 Å². The van der Waals surface area contributed by atoms with Crippen molar-refractivity contribution in [2.24, 2.45) is 12.8 Å². The molecule has 3 aromatic rings. The topological polar surface area (TPSA) is 97.8 Å². The Labute approximate surface area is 174 Å². The van der Waals surface area contributed by atoms with E-state index in [4.69, 9.17) is 24.7 Å². The summed E-state index contributed by atoms with van der Waals surface area (Å²) in [5.74, 6) is 1.11. The SMILES string of the molecule is Cn1ncc2cc(C(N)=O)c(Oc3ccc(OCCO[C@@H]4CCCOC4)cc3)cc21. The van der Waals surface area contributed by atoms with Crippen LogP contribution in [-0.4, -0.2) is 48.2 Å². The third kappa shape index (κ3) is 4.72. The third-order valence-electron chi connectivity index (χ3n) is 4.99. The standard InChI is InChI=1S/C22H25N3O5/c1-25-20-12-21(19(22(23)26)11-15(20)13-24-25)30-17-6-4-16(5-7-17)28-9-10-29-18-3-2-8-27-14-18/h4-7,11-13,18H,2-3,8-10,14H2,1H3,(H2,23,26)/t18-/m1/s1. The van der Waals surface area contributed by atoms with E-state index in [1.54, 1.807) is 35.1 Å². The number of aromatic nitrogens is 2. The number of hydrogen-bond donors (Lipinski definition) is 1. The van der Waals surface area contributed by atoms with Crippen LogP contribution in [0.2, 0.25) is 0 Å². The molecule has 2 aromatic carbocycles. The number of rotatable bonds is 8. The molecule has 2 N–H and O–H groups in total. The predicted molar refractivity (Wildman–Crippen MR) is 111 cm³/mol. The first-order chi connectivity index (χ1) is 14.6. The van der Waals surface area contributed by atoms with Gasteiger partial charge in [0.2, 0.25) is 0 Å². The highest BCUT2D eigenvalue weighted by atomic mass is 16.6. The summed E-state index contributed by atoms with van der Waals surface area (Å²) in [5.41, 5.74) is 6.68. The number of nitrogens with two attached hydrogens (primary N) is 1. The van der Waals surface area contributed by atoms with Crippen LogP contribution in [0.25, 0.3) is 10.9 Å². The second kappa shape index (κ2) is 9.15. The zero-order valence-corrected chi connectivity index (χ0v) is 16.9. The van der Waals surface area contributed by atoms with Crippen LogP contribution in [0.4, 0.5) is 0 Å². The Kier molecular flexibility index (Phi) is 6.15. The van der Waals surface area contributed by atoms with Crippen molar-refractivity contribution in [3.63, 3.8) is 0 Å². The van der Waals surface area contributed by atoms with Crippen molar-refractivity contribution >= 4 is 16.8 Å². The molecule has 0 aliphatic carbocycles. The molecule has 0 unspecified atom stereocenters. The molecule has 8 nitrogen and oxygen atoms in total. The van der Waals surface area contributed by atoms with Gasteiger partial charge < -0.3 is 24.7 Å². The van der Waals surface area contributed by atoms with Crippen LogP contribution in [0.15, 0.2) is 42.6 Å². The van der Waals surface area contributed by atoms with E-state index in [1.807, 2.05) is 19.2 Å². The quantitative estimate of drug-likeness (QED) is 0.572. The average Bonchev–Trinajstić information content (AvgIpc) is 3.12. The van der Waals surface area contributed by atoms with Gasteiger partial charge in [0.1, 0.15) is 23.9 Å². The molecule has 1 amide bonds. The van der Waals surface area contributed by atoms with Crippen molar-refractivity contribution in [2.75, 3.05) is 26.4 Å². The van der Waals surface area contributed by atoms with Gasteiger partial charge in [-0.3, -0.25) is 9.48 Å². The summed E-state index contributed by atoms with van der Waals surface area (Å²) in [5, 5.41) is 5.02. The zero-order chi connectivity index (χ0) is 20.9. The summed E-state index contributed by atoms with van der Waals surface area (Å²) in [6.07, 6.45) is 3.92. The van der Waals surface area contributed by atoms with Crippen LogP contribution in [0.3, 0.4) is 0 Å². The van der Waals surface area contributed by atoms with E-state index in [0.717, 1.165) is 30.4 Å². The lowest BCUT2D eigenvalue weighted by Crippen LogP contribution is -2.27. The highest BCUT2D eigenvalue weighted by molar-refractivity contribution is 6.00. The molecule has 0 bridgehead atoms. The Balaban J connectivity index is 1.36. The van der Waals surface area contributed by atoms with E-state index in [2.05, 4.69) is 5.10 Å². The molecule has 4 rings (SSSR count). The van der Waals surface area contributed by atoms with Crippen molar-refractivity contribution < 1.29 is 23.7 Å². The van der Waals surface area contributed by atoms with Gasteiger partial charge in [-0.05, 0) is 43.2 Å². The van der Waals surface area contributed by atoms with Gasteiger partial charge in [0, 0.05) is 25.1 Å². The van der Waals surface area contributed by atoms with Crippen LogP contribution in [-0.2, 0) is 16.5 Å². The fourth-order valence-corrected chi connectivity index (χ4v) is 3.41. The first-order valence-corrected chi connectivity index (χ1v) is 9.96. The van der Waals surface area contributed by atoms with Gasteiger partial charge in [-0.1, -0.05) is 0 Å². The lowest BCUT2D eigenvalue weighted by Gasteiger charge is -2.22. The lowest BCUT2D eigenvalue weighted by atomic mass is 10.1. The summed E-state index contributed by atoms with van der Waals surface area (Å²) >= 11 is 0. The molecule has 1 atom stereocenters. The number of benzene rings is 2. The van der Waals surface area contributed by atoms with E-state index in [1.165, 1.54) is 0 Å². The molecular weight excluding hydrogens is 386 g/mol. The molecule has 1 saturated heterocycles. The van der Waals surface area contributed by atoms with Gasteiger partial charge in [-0.25, -0.2) is 0 Å². The van der Waals surface area contributed by atoms with Gasteiger partial charge in [-0.2, -0.15) is 5.10 Å². The molecule has 8 heteroatoms. The van der Waals surface area contributed by atoms with E-state index < -0.39 is 5.91 Å². The predicted octanol–water partition coefficient (Wildman–Crippen LogP) is 3.04. The molecule has 2 heterocycles. The van der Waals surface area contributed by atoms with Gasteiger partial charge in [0.15, 0.2) is 0 Å². The molecule has 0 spiro atoms. The number of carbonyl (C=O) groups excluding carboxylic acids is 1. The summed E-state index contributed by atoms with van der Waals surface area (Å²) in [7, 11) is 1.83. The van der Waals surface area contributed by atoms with Crippen molar-refractivity contribution in [2.45, 2.75) is 18.9 Å². The molecule has 0 radical (unpaired) electrons. The Morgan fingerprint density at radius 3 is 2.77 bits per heavy atom. The maximum Gasteiger partial charge on any atom is 0.252 e. The van der Waals surface area contributed by atoms with Gasteiger partial charge in [-0.15, -0.1) is 0 Å². The summed E-state index contributed by atoms with van der Waals surface area (Å²) < 4.78 is 24.5. The van der Waals surface area contributed by atoms with Crippen molar-refractivity contribution in [3.05, 3.63) is 48.2 Å². The Bertz CT molecular complexity index is 1010. The number of nitrogens with zero attached hydrogens (tertiary/aromatic N) is 2. The molecule has 0 saturated carbocycles. The largest absolute Gasteiger partial charge is 0.491 e. The normalized spacial score (nSPS) is 16.5. The summed E-state index contributed by atoms with van der Waals surface area (Å²) in [6.45, 7) is 2.45. The monoisotopic (exact) mass is 411 g/mol. The second-order valence-corrected chi connectivity index (χ2v) is 7.17. The highest BCUT2D eigenvalue weighted by Crippen LogP contribution is 2.30. The van der Waals surface area contributed by atoms with Crippen molar-refractivity contribution in [3.8, 4) is 17.2 Å². The van der Waals surface area contributed by atoms with Crippen LogP contribution in [0.1, 0.15) is 23.2 Å².